The van der Waals surface area contributed by atoms with E-state index in [-0.39, 0.29) is 35.5 Å². The number of benzene rings is 1. The summed E-state index contributed by atoms with van der Waals surface area (Å²) in [5, 5.41) is 13.4. The number of non-ortho nitro benzene ring substituents is 1. The molecule has 1 unspecified atom stereocenters. The molecule has 0 radical (unpaired) electrons. The van der Waals surface area contributed by atoms with Crippen LogP contribution >= 0.6 is 0 Å². The molecule has 1 aliphatic heterocycles. The number of fused-ring (bicyclic) bond motifs is 1. The molecule has 146 valence electrons. The number of anilines is 3. The quantitative estimate of drug-likeness (QED) is 0.592. The number of nitrogen functional groups attached to an aromatic ring is 1. The van der Waals surface area contributed by atoms with E-state index in [0.717, 1.165) is 0 Å². The topological polar surface area (TPSA) is 141 Å². The summed E-state index contributed by atoms with van der Waals surface area (Å²) in [6.45, 7) is 3.33. The molecular formula is C18H19N5O5. The highest BCUT2D eigenvalue weighted by molar-refractivity contribution is 6.05. The molecule has 0 bridgehead atoms. The van der Waals surface area contributed by atoms with Crippen LogP contribution in [-0.4, -0.2) is 34.4 Å². The second-order valence-electron chi connectivity index (χ2n) is 6.62. The molecule has 0 fully saturated rings. The highest BCUT2D eigenvalue weighted by Gasteiger charge is 2.38. The number of nitro groups is 1. The second-order valence-corrected chi connectivity index (χ2v) is 6.62. The van der Waals surface area contributed by atoms with Crippen LogP contribution in [0.4, 0.5) is 23.0 Å². The van der Waals surface area contributed by atoms with Gasteiger partial charge in [0.25, 0.3) is 11.6 Å². The van der Waals surface area contributed by atoms with Crippen LogP contribution in [0.1, 0.15) is 13.8 Å². The van der Waals surface area contributed by atoms with E-state index in [4.69, 9.17) is 10.5 Å². The Balaban J connectivity index is 1.84. The minimum absolute atomic E-state index is 0.125. The van der Waals surface area contributed by atoms with Crippen LogP contribution in [-0.2, 0) is 9.59 Å². The molecule has 1 aliphatic rings. The fraction of sp³-hybridized carbons (Fsp3) is 0.278. The van der Waals surface area contributed by atoms with E-state index in [1.54, 1.807) is 12.1 Å². The Morgan fingerprint density at radius 2 is 2.14 bits per heavy atom. The molecule has 1 aromatic heterocycles. The summed E-state index contributed by atoms with van der Waals surface area (Å²) in [6, 6.07) is 8.68. The second kappa shape index (κ2) is 7.51. The van der Waals surface area contributed by atoms with Gasteiger partial charge in [0, 0.05) is 17.8 Å². The Kier molecular flexibility index (Phi) is 5.12. The lowest BCUT2D eigenvalue weighted by Gasteiger charge is -2.34. The molecule has 1 aromatic carbocycles. The lowest BCUT2D eigenvalue weighted by molar-refractivity contribution is -0.384. The van der Waals surface area contributed by atoms with Gasteiger partial charge in [0.15, 0.2) is 17.7 Å². The fourth-order valence-electron chi connectivity index (χ4n) is 2.80. The van der Waals surface area contributed by atoms with Crippen LogP contribution in [0, 0.1) is 16.0 Å². The molecule has 0 saturated heterocycles. The molecule has 2 amide bonds. The number of carbonyl (C=O) groups is 2. The predicted molar refractivity (Wildman–Crippen MR) is 102 cm³/mol. The van der Waals surface area contributed by atoms with Crippen LogP contribution in [0.25, 0.3) is 0 Å². The maximum Gasteiger partial charge on any atom is 0.271 e. The van der Waals surface area contributed by atoms with Crippen LogP contribution in [0.15, 0.2) is 36.4 Å². The van der Waals surface area contributed by atoms with Gasteiger partial charge in [-0.1, -0.05) is 19.9 Å². The van der Waals surface area contributed by atoms with Crippen LogP contribution in [0.2, 0.25) is 0 Å². The molecule has 1 atom stereocenters. The highest BCUT2D eigenvalue weighted by Crippen LogP contribution is 2.34. The monoisotopic (exact) mass is 385 g/mol. The summed E-state index contributed by atoms with van der Waals surface area (Å²) in [5.74, 6) is -0.363. The van der Waals surface area contributed by atoms with Crippen molar-refractivity contribution < 1.29 is 19.2 Å². The molecule has 0 saturated carbocycles. The van der Waals surface area contributed by atoms with Crippen LogP contribution < -0.4 is 20.7 Å². The lowest BCUT2D eigenvalue weighted by atomic mass is 10.0. The maximum absolute atomic E-state index is 12.8. The minimum Gasteiger partial charge on any atom is -0.476 e. The Morgan fingerprint density at radius 3 is 2.82 bits per heavy atom. The first-order valence-electron chi connectivity index (χ1n) is 8.55. The van der Waals surface area contributed by atoms with Gasteiger partial charge < -0.3 is 15.8 Å². The van der Waals surface area contributed by atoms with E-state index < -0.39 is 22.8 Å². The number of pyridine rings is 1. The molecule has 10 nitrogen and oxygen atoms in total. The van der Waals surface area contributed by atoms with Gasteiger partial charge in [0.2, 0.25) is 5.91 Å². The van der Waals surface area contributed by atoms with Crippen molar-refractivity contribution in [1.82, 2.24) is 4.98 Å². The molecule has 10 heteroatoms. The van der Waals surface area contributed by atoms with Crippen molar-refractivity contribution in [2.24, 2.45) is 5.92 Å². The number of ether oxygens (including phenoxy) is 1. The summed E-state index contributed by atoms with van der Waals surface area (Å²) in [6.07, 6.45) is -0.761. The molecule has 0 spiro atoms. The van der Waals surface area contributed by atoms with Gasteiger partial charge in [0.05, 0.1) is 4.92 Å². The predicted octanol–water partition coefficient (Wildman–Crippen LogP) is 1.96. The summed E-state index contributed by atoms with van der Waals surface area (Å²) < 4.78 is 5.72. The largest absolute Gasteiger partial charge is 0.476 e. The molecule has 2 aromatic rings. The Hall–Kier alpha value is -3.69. The Bertz CT molecular complexity index is 946. The first kappa shape index (κ1) is 19.1. The number of nitrogens with one attached hydrogen (secondary N) is 1. The van der Waals surface area contributed by atoms with Crippen molar-refractivity contribution in [2.75, 3.05) is 22.5 Å². The van der Waals surface area contributed by atoms with Gasteiger partial charge in [0.1, 0.15) is 12.4 Å². The first-order chi connectivity index (χ1) is 13.3. The number of rotatable bonds is 5. The lowest BCUT2D eigenvalue weighted by Crippen LogP contribution is -2.51. The normalized spacial score (nSPS) is 15.8. The molecule has 28 heavy (non-hydrogen) atoms. The van der Waals surface area contributed by atoms with Crippen LogP contribution in [0.5, 0.6) is 5.75 Å². The SMILES string of the molecule is CC(C)C1Oc2ccc(N)nc2N(CC(=O)Nc2cccc([N+](=O)[O-])c2)C1=O. The Morgan fingerprint density at radius 1 is 1.39 bits per heavy atom. The van der Waals surface area contributed by atoms with Crippen molar-refractivity contribution in [3.8, 4) is 5.75 Å². The van der Waals surface area contributed by atoms with Crippen molar-refractivity contribution in [3.63, 3.8) is 0 Å². The average Bonchev–Trinajstić information content (AvgIpc) is 2.64. The van der Waals surface area contributed by atoms with E-state index in [1.807, 2.05) is 13.8 Å². The van der Waals surface area contributed by atoms with Gasteiger partial charge in [-0.25, -0.2) is 4.98 Å². The number of nitrogens with two attached hydrogens (primary N) is 1. The third kappa shape index (κ3) is 3.85. The van der Waals surface area contributed by atoms with Gasteiger partial charge >= 0.3 is 0 Å². The average molecular weight is 385 g/mol. The summed E-state index contributed by atoms with van der Waals surface area (Å²) in [7, 11) is 0. The Labute approximate surface area is 160 Å². The van der Waals surface area contributed by atoms with E-state index in [9.17, 15) is 19.7 Å². The summed E-state index contributed by atoms with van der Waals surface area (Å²) >= 11 is 0. The zero-order valence-electron chi connectivity index (χ0n) is 15.3. The molecule has 0 aliphatic carbocycles. The van der Waals surface area contributed by atoms with Crippen molar-refractivity contribution in [3.05, 3.63) is 46.5 Å². The highest BCUT2D eigenvalue weighted by atomic mass is 16.6. The van der Waals surface area contributed by atoms with Gasteiger partial charge in [-0.3, -0.25) is 24.6 Å². The number of carbonyl (C=O) groups excluding carboxylic acids is 2. The zero-order valence-corrected chi connectivity index (χ0v) is 15.3. The smallest absolute Gasteiger partial charge is 0.271 e. The number of nitrogens with zero attached hydrogens (tertiary/aromatic N) is 3. The number of aromatic nitrogens is 1. The number of hydrogen-bond acceptors (Lipinski definition) is 7. The molecule has 3 rings (SSSR count). The van der Waals surface area contributed by atoms with E-state index in [2.05, 4.69) is 10.3 Å². The van der Waals surface area contributed by atoms with Crippen molar-refractivity contribution in [1.29, 1.82) is 0 Å². The van der Waals surface area contributed by atoms with Gasteiger partial charge in [-0.15, -0.1) is 0 Å². The van der Waals surface area contributed by atoms with Crippen molar-refractivity contribution in [2.45, 2.75) is 20.0 Å². The summed E-state index contributed by atoms with van der Waals surface area (Å²) in [5.41, 5.74) is 5.81. The van der Waals surface area contributed by atoms with Gasteiger partial charge in [-0.05, 0) is 24.1 Å². The van der Waals surface area contributed by atoms with Gasteiger partial charge in [-0.2, -0.15) is 0 Å². The van der Waals surface area contributed by atoms with E-state index in [1.165, 1.54) is 29.2 Å². The minimum atomic E-state index is -0.761. The number of amides is 2. The molecule has 3 N–H and O–H groups in total. The third-order valence-corrected chi connectivity index (χ3v) is 4.13. The summed E-state index contributed by atoms with van der Waals surface area (Å²) in [4.78, 5) is 41.0. The standard InChI is InChI=1S/C18H19N5O5/c1-10(2)16-18(25)22(17-13(28-16)6-7-14(19)21-17)9-15(24)20-11-4-3-5-12(8-11)23(26)27/h3-8,10,16H,9H2,1-2H3,(H2,19,21)(H,20,24). The van der Waals surface area contributed by atoms with E-state index >= 15 is 0 Å². The zero-order chi connectivity index (χ0) is 20.4. The fourth-order valence-corrected chi connectivity index (χ4v) is 2.80. The molecule has 2 heterocycles. The maximum atomic E-state index is 12.8. The van der Waals surface area contributed by atoms with Crippen molar-refractivity contribution >= 4 is 34.8 Å². The van der Waals surface area contributed by atoms with Crippen LogP contribution in [0.3, 0.4) is 0 Å². The third-order valence-electron chi connectivity index (χ3n) is 4.13. The van der Waals surface area contributed by atoms with E-state index in [0.29, 0.717) is 5.75 Å². The number of nitro benzene ring substituents is 1. The number of hydrogen-bond donors (Lipinski definition) is 2. The first-order valence-corrected chi connectivity index (χ1v) is 8.55. The molecular weight excluding hydrogens is 366 g/mol.